The number of hydrogen-bond acceptors (Lipinski definition) is 5. The van der Waals surface area contributed by atoms with Gasteiger partial charge in [0, 0.05) is 50.7 Å². The molecule has 1 N–H and O–H groups in total. The number of aromatic nitrogens is 3. The van der Waals surface area contributed by atoms with Gasteiger partial charge in [-0.2, -0.15) is 0 Å². The van der Waals surface area contributed by atoms with E-state index in [4.69, 9.17) is 4.98 Å². The Kier molecular flexibility index (Phi) is 4.13. The number of hydrogen-bond donors (Lipinski definition) is 1. The number of rotatable bonds is 3. The summed E-state index contributed by atoms with van der Waals surface area (Å²) >= 11 is 0. The van der Waals surface area contributed by atoms with Crippen molar-refractivity contribution in [2.75, 3.05) is 24.5 Å². The Bertz CT molecular complexity index is 1040. The van der Waals surface area contributed by atoms with Crippen LogP contribution in [0.25, 0.3) is 10.9 Å². The number of nitrogens with one attached hydrogen (secondary N) is 1. The van der Waals surface area contributed by atoms with Crippen molar-refractivity contribution in [1.29, 1.82) is 0 Å². The summed E-state index contributed by atoms with van der Waals surface area (Å²) in [5, 5.41) is 1.15. The van der Waals surface area contributed by atoms with Crippen LogP contribution in [0.4, 0.5) is 5.95 Å². The van der Waals surface area contributed by atoms with Gasteiger partial charge >= 0.3 is 0 Å². The van der Waals surface area contributed by atoms with Gasteiger partial charge in [-0.15, -0.1) is 0 Å². The van der Waals surface area contributed by atoms with Crippen molar-refractivity contribution in [2.45, 2.75) is 32.4 Å². The molecule has 0 aliphatic carbocycles. The fourth-order valence-corrected chi connectivity index (χ4v) is 4.16. The Labute approximate surface area is 157 Å². The molecule has 0 unspecified atom stereocenters. The average Bonchev–Trinajstić information content (AvgIpc) is 3.23. The predicted molar refractivity (Wildman–Crippen MR) is 106 cm³/mol. The fourth-order valence-electron chi connectivity index (χ4n) is 4.16. The third kappa shape index (κ3) is 3.21. The van der Waals surface area contributed by atoms with E-state index in [0.717, 1.165) is 60.7 Å². The van der Waals surface area contributed by atoms with E-state index in [1.165, 1.54) is 18.4 Å². The summed E-state index contributed by atoms with van der Waals surface area (Å²) in [6, 6.07) is 10.4. The molecule has 2 aromatic heterocycles. The van der Waals surface area contributed by atoms with Gasteiger partial charge in [0.2, 0.25) is 5.95 Å². The Hall–Kier alpha value is -2.73. The molecule has 1 fully saturated rings. The van der Waals surface area contributed by atoms with E-state index in [0.29, 0.717) is 6.54 Å². The summed E-state index contributed by atoms with van der Waals surface area (Å²) in [6.07, 6.45) is 5.00. The number of H-pyrrole nitrogens is 1. The normalized spacial score (nSPS) is 17.4. The van der Waals surface area contributed by atoms with E-state index < -0.39 is 0 Å². The van der Waals surface area contributed by atoms with E-state index in [1.54, 1.807) is 0 Å². The summed E-state index contributed by atoms with van der Waals surface area (Å²) in [4.78, 5) is 29.3. The van der Waals surface area contributed by atoms with E-state index in [1.807, 2.05) is 12.3 Å². The standard InChI is InChI=1S/C21H23N5O/c27-20-17-14-25(13-15-5-6-18-16(12-15)4-3-8-22-18)11-7-19(17)23-21(24-20)26-9-1-2-10-26/h3-6,8,12H,1-2,7,9-11,13-14H2,(H,23,24,27). The first kappa shape index (κ1) is 16.4. The zero-order chi connectivity index (χ0) is 18.2. The molecule has 2 aliphatic heterocycles. The van der Waals surface area contributed by atoms with Gasteiger partial charge in [0.25, 0.3) is 5.56 Å². The zero-order valence-corrected chi connectivity index (χ0v) is 15.3. The maximum Gasteiger partial charge on any atom is 0.257 e. The van der Waals surface area contributed by atoms with Crippen LogP contribution in [0, 0.1) is 0 Å². The number of benzene rings is 1. The van der Waals surface area contributed by atoms with E-state index >= 15 is 0 Å². The van der Waals surface area contributed by atoms with Crippen molar-refractivity contribution >= 4 is 16.9 Å². The molecule has 138 valence electrons. The maximum absolute atomic E-state index is 12.7. The second-order valence-corrected chi connectivity index (χ2v) is 7.50. The Morgan fingerprint density at radius 2 is 2.00 bits per heavy atom. The lowest BCUT2D eigenvalue weighted by atomic mass is 10.1. The summed E-state index contributed by atoms with van der Waals surface area (Å²) in [5.74, 6) is 0.756. The fraction of sp³-hybridized carbons (Fsp3) is 0.381. The highest BCUT2D eigenvalue weighted by Crippen LogP contribution is 2.21. The summed E-state index contributed by atoms with van der Waals surface area (Å²) in [6.45, 7) is 4.39. The molecule has 0 amide bonds. The quantitative estimate of drug-likeness (QED) is 0.776. The van der Waals surface area contributed by atoms with E-state index in [2.05, 4.69) is 44.0 Å². The van der Waals surface area contributed by atoms with Crippen LogP contribution in [0.5, 0.6) is 0 Å². The molecule has 0 atom stereocenters. The van der Waals surface area contributed by atoms with Crippen molar-refractivity contribution in [3.05, 3.63) is 63.7 Å². The van der Waals surface area contributed by atoms with E-state index in [9.17, 15) is 4.79 Å². The van der Waals surface area contributed by atoms with Crippen molar-refractivity contribution in [2.24, 2.45) is 0 Å². The van der Waals surface area contributed by atoms with Crippen LogP contribution in [0.2, 0.25) is 0 Å². The maximum atomic E-state index is 12.7. The lowest BCUT2D eigenvalue weighted by Crippen LogP contribution is -2.36. The molecule has 0 spiro atoms. The Morgan fingerprint density at radius 3 is 2.89 bits per heavy atom. The van der Waals surface area contributed by atoms with Crippen molar-refractivity contribution in [1.82, 2.24) is 19.9 Å². The topological polar surface area (TPSA) is 65.1 Å². The van der Waals surface area contributed by atoms with Crippen molar-refractivity contribution in [3.8, 4) is 0 Å². The molecule has 4 heterocycles. The van der Waals surface area contributed by atoms with Crippen LogP contribution in [-0.4, -0.2) is 39.5 Å². The molecule has 1 aromatic carbocycles. The first-order valence-electron chi connectivity index (χ1n) is 9.69. The van der Waals surface area contributed by atoms with Crippen molar-refractivity contribution < 1.29 is 0 Å². The minimum absolute atomic E-state index is 0.0225. The number of pyridine rings is 1. The minimum atomic E-state index is 0.0225. The number of anilines is 1. The molecule has 0 bridgehead atoms. The molecule has 5 rings (SSSR count). The van der Waals surface area contributed by atoms with Crippen LogP contribution in [0.15, 0.2) is 41.3 Å². The van der Waals surface area contributed by atoms with Gasteiger partial charge in [-0.25, -0.2) is 4.98 Å². The average molecular weight is 361 g/mol. The molecule has 1 saturated heterocycles. The molecule has 0 saturated carbocycles. The minimum Gasteiger partial charge on any atom is -0.342 e. The van der Waals surface area contributed by atoms with Gasteiger partial charge in [-0.1, -0.05) is 12.1 Å². The predicted octanol–water partition coefficient (Wildman–Crippen LogP) is 2.48. The monoisotopic (exact) mass is 361 g/mol. The molecule has 0 radical (unpaired) electrons. The van der Waals surface area contributed by atoms with Crippen molar-refractivity contribution in [3.63, 3.8) is 0 Å². The van der Waals surface area contributed by atoms with Gasteiger partial charge in [-0.05, 0) is 36.6 Å². The second kappa shape index (κ2) is 6.78. The van der Waals surface area contributed by atoms with Gasteiger partial charge in [0.05, 0.1) is 16.8 Å². The molecule has 3 aromatic rings. The SMILES string of the molecule is O=c1[nH]c(N2CCCC2)nc2c1CN(Cc1ccc3ncccc3c1)CC2. The van der Waals surface area contributed by atoms with Gasteiger partial charge in [0.1, 0.15) is 0 Å². The molecule has 27 heavy (non-hydrogen) atoms. The first-order chi connectivity index (χ1) is 13.3. The van der Waals surface area contributed by atoms with Crippen LogP contribution < -0.4 is 10.5 Å². The zero-order valence-electron chi connectivity index (χ0n) is 15.3. The van der Waals surface area contributed by atoms with Gasteiger partial charge in [-0.3, -0.25) is 19.7 Å². The third-order valence-electron chi connectivity index (χ3n) is 5.61. The molecule has 6 heteroatoms. The number of nitrogens with zero attached hydrogens (tertiary/aromatic N) is 4. The molecule has 6 nitrogen and oxygen atoms in total. The van der Waals surface area contributed by atoms with Crippen LogP contribution >= 0.6 is 0 Å². The first-order valence-corrected chi connectivity index (χ1v) is 9.69. The number of aromatic amines is 1. The summed E-state index contributed by atoms with van der Waals surface area (Å²) < 4.78 is 0. The van der Waals surface area contributed by atoms with Crippen LogP contribution in [0.1, 0.15) is 29.7 Å². The molecular formula is C21H23N5O. The van der Waals surface area contributed by atoms with E-state index in [-0.39, 0.29) is 5.56 Å². The second-order valence-electron chi connectivity index (χ2n) is 7.50. The van der Waals surface area contributed by atoms with Gasteiger partial charge in [0.15, 0.2) is 0 Å². The lowest BCUT2D eigenvalue weighted by molar-refractivity contribution is 0.242. The largest absolute Gasteiger partial charge is 0.342 e. The summed E-state index contributed by atoms with van der Waals surface area (Å²) in [5.41, 5.74) is 4.08. The molecule has 2 aliphatic rings. The number of fused-ring (bicyclic) bond motifs is 2. The van der Waals surface area contributed by atoms with Crippen LogP contribution in [-0.2, 0) is 19.5 Å². The highest BCUT2D eigenvalue weighted by Gasteiger charge is 2.23. The van der Waals surface area contributed by atoms with Crippen LogP contribution in [0.3, 0.4) is 0 Å². The summed E-state index contributed by atoms with van der Waals surface area (Å²) in [7, 11) is 0. The smallest absolute Gasteiger partial charge is 0.257 e. The third-order valence-corrected chi connectivity index (χ3v) is 5.61. The highest BCUT2D eigenvalue weighted by molar-refractivity contribution is 5.78. The molecular weight excluding hydrogens is 338 g/mol. The lowest BCUT2D eigenvalue weighted by Gasteiger charge is -2.28. The van der Waals surface area contributed by atoms with Gasteiger partial charge < -0.3 is 4.90 Å². The highest BCUT2D eigenvalue weighted by atomic mass is 16.1. The Balaban J connectivity index is 1.36. The Morgan fingerprint density at radius 1 is 1.11 bits per heavy atom.